The van der Waals surface area contributed by atoms with E-state index in [1.807, 2.05) is 0 Å². The number of carboxylic acid groups (broad SMARTS) is 1. The quantitative estimate of drug-likeness (QED) is 0.0594. The van der Waals surface area contributed by atoms with Gasteiger partial charge in [-0.1, -0.05) is 29.8 Å². The molecule has 0 spiro atoms. The first-order valence-electron chi connectivity index (χ1n) is 17.8. The topological polar surface area (TPSA) is 199 Å². The van der Waals surface area contributed by atoms with Gasteiger partial charge in [0.25, 0.3) is 0 Å². The maximum Gasteiger partial charge on any atom is 0.414 e. The minimum atomic E-state index is -1.14. The van der Waals surface area contributed by atoms with Crippen molar-refractivity contribution in [2.24, 2.45) is 4.99 Å². The number of amides is 3. The molecule has 0 saturated heterocycles. The largest absolute Gasteiger partial charge is 0.478 e. The van der Waals surface area contributed by atoms with Gasteiger partial charge in [-0.15, -0.1) is 0 Å². The Morgan fingerprint density at radius 3 is 1.82 bits per heavy atom. The summed E-state index contributed by atoms with van der Waals surface area (Å²) in [5.41, 5.74) is -1.19. The van der Waals surface area contributed by atoms with Crippen molar-refractivity contribution in [1.82, 2.24) is 15.5 Å². The van der Waals surface area contributed by atoms with E-state index in [0.29, 0.717) is 11.1 Å². The lowest BCUT2D eigenvalue weighted by atomic mass is 9.98. The molecule has 0 aliphatic carbocycles. The lowest BCUT2D eigenvalue weighted by molar-refractivity contribution is -0.159. The molecule has 306 valence electrons. The Balaban J connectivity index is 1.78. The van der Waals surface area contributed by atoms with E-state index in [1.54, 1.807) is 81.4 Å². The second-order valence-electron chi connectivity index (χ2n) is 15.8. The van der Waals surface area contributed by atoms with Gasteiger partial charge in [-0.2, -0.15) is 0 Å². The predicted octanol–water partition coefficient (Wildman–Crippen LogP) is 7.77. The van der Waals surface area contributed by atoms with E-state index in [-0.39, 0.29) is 40.1 Å². The van der Waals surface area contributed by atoms with Gasteiger partial charge < -0.3 is 29.0 Å². The summed E-state index contributed by atoms with van der Waals surface area (Å²) in [6.45, 7) is 16.3. The number of carboxylic acids is 1. The van der Waals surface area contributed by atoms with E-state index in [1.165, 1.54) is 59.5 Å². The van der Waals surface area contributed by atoms with Crippen molar-refractivity contribution in [3.63, 3.8) is 0 Å². The van der Waals surface area contributed by atoms with E-state index in [0.717, 1.165) is 0 Å². The number of hydrogen-bond acceptors (Lipinski definition) is 11. The van der Waals surface area contributed by atoms with E-state index in [9.17, 15) is 33.9 Å². The molecule has 0 saturated carbocycles. The number of nitrogens with zero attached hydrogens (tertiary/aromatic N) is 2. The zero-order valence-corrected chi connectivity index (χ0v) is 34.4. The fourth-order valence-corrected chi connectivity index (χ4v) is 5.28. The number of rotatable bonds is 10. The molecular weight excluding hydrogens is 760 g/mol. The lowest BCUT2D eigenvalue weighted by Gasteiger charge is -2.28. The van der Waals surface area contributed by atoms with E-state index in [2.05, 4.69) is 15.6 Å². The molecule has 0 radical (unpaired) electrons. The lowest BCUT2D eigenvalue weighted by Crippen LogP contribution is -2.47. The third-order valence-electron chi connectivity index (χ3n) is 7.20. The summed E-state index contributed by atoms with van der Waals surface area (Å²) in [6, 6.07) is 16.1. The Morgan fingerprint density at radius 2 is 1.32 bits per heavy atom. The average molecular weight is 809 g/mol. The van der Waals surface area contributed by atoms with E-state index >= 15 is 0 Å². The molecule has 3 aromatic rings. The van der Waals surface area contributed by atoms with Gasteiger partial charge in [-0.25, -0.2) is 24.2 Å². The van der Waals surface area contributed by atoms with Crippen LogP contribution in [0.15, 0.2) is 71.7 Å². The molecular formula is C41H49ClN4O11. The molecule has 1 atom stereocenters. The van der Waals surface area contributed by atoms with Crippen LogP contribution in [0, 0.1) is 0 Å². The summed E-state index contributed by atoms with van der Waals surface area (Å²) < 4.78 is 21.5. The fourth-order valence-electron chi connectivity index (χ4n) is 4.95. The highest BCUT2D eigenvalue weighted by Crippen LogP contribution is 2.31. The molecule has 16 heteroatoms. The first-order chi connectivity index (χ1) is 26.3. The molecule has 0 aromatic heterocycles. The zero-order chi connectivity index (χ0) is 42.9. The van der Waals surface area contributed by atoms with Gasteiger partial charge in [-0.3, -0.25) is 20.2 Å². The molecule has 0 aliphatic heterocycles. The number of esters is 2. The van der Waals surface area contributed by atoms with Crippen molar-refractivity contribution >= 4 is 59.2 Å². The Morgan fingerprint density at radius 1 is 0.754 bits per heavy atom. The molecule has 3 amide bonds. The van der Waals surface area contributed by atoms with Crippen molar-refractivity contribution in [3.8, 4) is 5.75 Å². The summed E-state index contributed by atoms with van der Waals surface area (Å²) in [5.74, 6) is -4.09. The van der Waals surface area contributed by atoms with Crippen LogP contribution in [-0.2, 0) is 30.3 Å². The number of halogens is 1. The second-order valence-corrected chi connectivity index (χ2v) is 16.2. The van der Waals surface area contributed by atoms with Crippen LogP contribution in [0.4, 0.5) is 15.3 Å². The first-order valence-corrected chi connectivity index (χ1v) is 18.2. The monoisotopic (exact) mass is 808 g/mol. The fraction of sp³-hybridized carbons (Fsp3) is 0.390. The summed E-state index contributed by atoms with van der Waals surface area (Å²) in [7, 11) is 0. The zero-order valence-electron chi connectivity index (χ0n) is 33.6. The van der Waals surface area contributed by atoms with Crippen molar-refractivity contribution in [2.45, 2.75) is 98.5 Å². The SMILES string of the molecule is CC(C(=O)N(CC(=O)OC(C)(C)C)Cc1cccc(C(=O)O)c1)c1ccc(OC(=O)c2ccc(N=C(NC(=O)OC(C)(C)C)NC(=O)OC(C)(C)C)cc2)cc1Cl. The van der Waals surface area contributed by atoms with Crippen LogP contribution >= 0.6 is 11.6 Å². The van der Waals surface area contributed by atoms with Crippen LogP contribution in [-0.4, -0.2) is 75.3 Å². The minimum Gasteiger partial charge on any atom is -0.478 e. The highest BCUT2D eigenvalue weighted by Gasteiger charge is 2.28. The first kappa shape index (κ1) is 45.4. The van der Waals surface area contributed by atoms with Gasteiger partial charge in [0, 0.05) is 11.6 Å². The number of ether oxygens (including phenoxy) is 4. The Hall–Kier alpha value is -5.96. The third kappa shape index (κ3) is 15.6. The number of alkyl carbamates (subject to hydrolysis) is 2. The summed E-state index contributed by atoms with van der Waals surface area (Å²) >= 11 is 6.61. The van der Waals surface area contributed by atoms with Crippen LogP contribution in [0.25, 0.3) is 0 Å². The van der Waals surface area contributed by atoms with Crippen molar-refractivity contribution in [1.29, 1.82) is 0 Å². The number of guanidine groups is 1. The van der Waals surface area contributed by atoms with Gasteiger partial charge in [-0.05, 0) is 129 Å². The molecule has 15 nitrogen and oxygen atoms in total. The van der Waals surface area contributed by atoms with Gasteiger partial charge in [0.2, 0.25) is 11.9 Å². The second kappa shape index (κ2) is 18.8. The number of benzene rings is 3. The molecule has 1 unspecified atom stereocenters. The number of carbonyl (C=O) groups is 6. The van der Waals surface area contributed by atoms with Crippen molar-refractivity contribution in [3.05, 3.63) is 94.0 Å². The molecule has 57 heavy (non-hydrogen) atoms. The van der Waals surface area contributed by atoms with Crippen molar-refractivity contribution < 1.29 is 52.8 Å². The van der Waals surface area contributed by atoms with E-state index < -0.39 is 65.3 Å². The Labute approximate surface area is 336 Å². The molecule has 3 aromatic carbocycles. The highest BCUT2D eigenvalue weighted by atomic mass is 35.5. The average Bonchev–Trinajstić information content (AvgIpc) is 3.05. The van der Waals surface area contributed by atoms with Gasteiger partial charge >= 0.3 is 30.1 Å². The van der Waals surface area contributed by atoms with Crippen LogP contribution in [0.5, 0.6) is 5.75 Å². The van der Waals surface area contributed by atoms with Crippen LogP contribution in [0.1, 0.15) is 107 Å². The molecule has 0 heterocycles. The number of aromatic carboxylic acids is 1. The Kier molecular flexibility index (Phi) is 15.0. The highest BCUT2D eigenvalue weighted by molar-refractivity contribution is 6.31. The minimum absolute atomic E-state index is 0.0252. The van der Waals surface area contributed by atoms with Crippen LogP contribution in [0.3, 0.4) is 0 Å². The van der Waals surface area contributed by atoms with Crippen molar-refractivity contribution in [2.75, 3.05) is 6.54 Å². The van der Waals surface area contributed by atoms with Gasteiger partial charge in [0.15, 0.2) is 0 Å². The smallest absolute Gasteiger partial charge is 0.414 e. The Bertz CT molecular complexity index is 1980. The summed E-state index contributed by atoms with van der Waals surface area (Å²) in [4.78, 5) is 81.7. The van der Waals surface area contributed by atoms with Gasteiger partial charge in [0.05, 0.1) is 22.7 Å². The van der Waals surface area contributed by atoms with Gasteiger partial charge in [0.1, 0.15) is 29.1 Å². The molecule has 0 aliphatic rings. The summed E-state index contributed by atoms with van der Waals surface area (Å²) in [6.07, 6.45) is -1.75. The molecule has 3 rings (SSSR count). The molecule has 0 bridgehead atoms. The number of aliphatic imine (C=N–C) groups is 1. The standard InChI is InChI=1S/C41H49ClN4O11/c1-24(33(48)46(23-32(47)55-39(2,3)4)22-25-12-11-13-27(20-25)34(49)50)30-19-18-29(21-31(30)42)54-35(51)26-14-16-28(17-15-26)43-36(44-37(52)56-40(5,6)7)45-38(53)57-41(8,9)10/h11-21,24H,22-23H2,1-10H3,(H,49,50)(H2,43,44,45,52,53). The number of carbonyl (C=O) groups excluding carboxylic acids is 5. The van der Waals surface area contributed by atoms with Crippen LogP contribution < -0.4 is 15.4 Å². The predicted molar refractivity (Wildman–Crippen MR) is 212 cm³/mol. The normalized spacial score (nSPS) is 12.0. The molecule has 3 N–H and O–H groups in total. The van der Waals surface area contributed by atoms with Crippen LogP contribution in [0.2, 0.25) is 5.02 Å². The summed E-state index contributed by atoms with van der Waals surface area (Å²) in [5, 5.41) is 14.3. The number of hydrogen-bond donors (Lipinski definition) is 3. The maximum absolute atomic E-state index is 13.9. The third-order valence-corrected chi connectivity index (χ3v) is 7.53. The maximum atomic E-state index is 13.9. The van der Waals surface area contributed by atoms with E-state index in [4.69, 9.17) is 30.5 Å². The number of nitrogens with one attached hydrogen (secondary N) is 2. The molecule has 0 fully saturated rings.